The second kappa shape index (κ2) is 13.9. The van der Waals surface area contributed by atoms with E-state index in [1.165, 1.54) is 0 Å². The third-order valence-corrected chi connectivity index (χ3v) is 7.18. The number of pyridine rings is 2. The molecule has 226 valence electrons. The summed E-state index contributed by atoms with van der Waals surface area (Å²) in [5.74, 6) is -1.44. The Morgan fingerprint density at radius 1 is 0.860 bits per heavy atom. The fraction of sp³-hybridized carbons (Fsp3) is 0.241. The molecule has 5 rings (SSSR count). The average molecular weight is 638 g/mol. The molecular formula is C29H25Cl2F4N5O3. The molecule has 0 aliphatic carbocycles. The number of carboxylic acids is 1. The first-order chi connectivity index (χ1) is 20.4. The van der Waals surface area contributed by atoms with Gasteiger partial charge in [-0.2, -0.15) is 13.2 Å². The number of carbonyl (C=O) groups excluding carboxylic acids is 1. The molecule has 1 aromatic carbocycles. The number of aromatic nitrogens is 2. The molecule has 4 heterocycles. The Bertz CT molecular complexity index is 1570. The highest BCUT2D eigenvalue weighted by Gasteiger charge is 2.34. The van der Waals surface area contributed by atoms with Gasteiger partial charge in [-0.1, -0.05) is 35.4 Å². The molecule has 3 aromatic rings. The number of alkyl halides is 3. The molecular weight excluding hydrogens is 613 g/mol. The van der Waals surface area contributed by atoms with Crippen molar-refractivity contribution in [2.75, 3.05) is 41.3 Å². The minimum absolute atomic E-state index is 0.0402. The van der Waals surface area contributed by atoms with Gasteiger partial charge in [-0.3, -0.25) is 4.79 Å². The summed E-state index contributed by atoms with van der Waals surface area (Å²) in [6.45, 7) is 2.07. The molecule has 0 saturated carbocycles. The normalized spacial score (nSPS) is 15.1. The SMILES string of the molecule is O=C(Nc1ccc(C(F)(F)F)c(F)c1)C1=CCN(c2ncccc2Cl)CC1.O=C(O)C1=CCN(c2ncccc2Cl)CC1. The Morgan fingerprint density at radius 2 is 1.40 bits per heavy atom. The predicted octanol–water partition coefficient (Wildman–Crippen LogP) is 6.62. The van der Waals surface area contributed by atoms with Gasteiger partial charge in [-0.25, -0.2) is 19.2 Å². The van der Waals surface area contributed by atoms with E-state index in [0.717, 1.165) is 6.07 Å². The van der Waals surface area contributed by atoms with Gasteiger partial charge in [0.25, 0.3) is 5.91 Å². The number of aliphatic carboxylic acids is 1. The number of hydrogen-bond acceptors (Lipinski definition) is 6. The minimum atomic E-state index is -4.78. The maximum atomic E-state index is 13.6. The van der Waals surface area contributed by atoms with Crippen molar-refractivity contribution in [2.45, 2.75) is 19.0 Å². The van der Waals surface area contributed by atoms with Gasteiger partial charge in [0.05, 0.1) is 15.6 Å². The molecule has 14 heteroatoms. The highest BCUT2D eigenvalue weighted by atomic mass is 35.5. The number of nitrogens with zero attached hydrogens (tertiary/aromatic N) is 4. The monoisotopic (exact) mass is 637 g/mol. The summed E-state index contributed by atoms with van der Waals surface area (Å²) in [7, 11) is 0. The van der Waals surface area contributed by atoms with Crippen LogP contribution in [0.4, 0.5) is 34.9 Å². The molecule has 0 atom stereocenters. The summed E-state index contributed by atoms with van der Waals surface area (Å²) in [6.07, 6.45) is 2.81. The minimum Gasteiger partial charge on any atom is -0.478 e. The maximum absolute atomic E-state index is 13.6. The lowest BCUT2D eigenvalue weighted by atomic mass is 10.1. The van der Waals surface area contributed by atoms with Crippen LogP contribution < -0.4 is 15.1 Å². The van der Waals surface area contributed by atoms with Crippen LogP contribution in [0.15, 0.2) is 78.2 Å². The van der Waals surface area contributed by atoms with Crippen molar-refractivity contribution in [3.05, 3.63) is 99.6 Å². The van der Waals surface area contributed by atoms with Gasteiger partial charge in [-0.15, -0.1) is 0 Å². The molecule has 0 radical (unpaired) electrons. The van der Waals surface area contributed by atoms with Crippen molar-refractivity contribution in [3.63, 3.8) is 0 Å². The lowest BCUT2D eigenvalue weighted by Gasteiger charge is -2.27. The van der Waals surface area contributed by atoms with E-state index < -0.39 is 29.4 Å². The first-order valence-corrected chi connectivity index (χ1v) is 13.7. The van der Waals surface area contributed by atoms with Gasteiger partial charge in [0, 0.05) is 55.4 Å². The molecule has 2 aromatic heterocycles. The Morgan fingerprint density at radius 3 is 1.81 bits per heavy atom. The van der Waals surface area contributed by atoms with Crippen molar-refractivity contribution in [2.24, 2.45) is 0 Å². The second-order valence-corrected chi connectivity index (χ2v) is 10.2. The summed E-state index contributed by atoms with van der Waals surface area (Å²) in [5.41, 5.74) is -0.497. The average Bonchev–Trinajstić information content (AvgIpc) is 2.97. The molecule has 2 N–H and O–H groups in total. The van der Waals surface area contributed by atoms with Crippen LogP contribution in [0.2, 0.25) is 10.0 Å². The smallest absolute Gasteiger partial charge is 0.419 e. The fourth-order valence-electron chi connectivity index (χ4n) is 4.38. The molecule has 0 spiro atoms. The Labute approximate surface area is 254 Å². The Balaban J connectivity index is 0.000000225. The second-order valence-electron chi connectivity index (χ2n) is 9.42. The van der Waals surface area contributed by atoms with Crippen molar-refractivity contribution in [1.29, 1.82) is 0 Å². The van der Waals surface area contributed by atoms with E-state index in [4.69, 9.17) is 28.3 Å². The van der Waals surface area contributed by atoms with Crippen LogP contribution in [0.1, 0.15) is 18.4 Å². The molecule has 0 fully saturated rings. The molecule has 0 saturated heterocycles. The van der Waals surface area contributed by atoms with E-state index in [0.29, 0.717) is 84.0 Å². The number of benzene rings is 1. The molecule has 0 bridgehead atoms. The van der Waals surface area contributed by atoms with E-state index in [1.54, 1.807) is 48.8 Å². The highest BCUT2D eigenvalue weighted by Crippen LogP contribution is 2.33. The van der Waals surface area contributed by atoms with Gasteiger partial charge in [-0.05, 0) is 55.3 Å². The molecule has 2 aliphatic rings. The molecule has 43 heavy (non-hydrogen) atoms. The zero-order valence-corrected chi connectivity index (χ0v) is 23.9. The zero-order chi connectivity index (χ0) is 31.1. The number of carboxylic acid groups (broad SMARTS) is 1. The van der Waals surface area contributed by atoms with Crippen LogP contribution >= 0.6 is 23.2 Å². The van der Waals surface area contributed by atoms with E-state index in [1.807, 2.05) is 9.80 Å². The number of nitrogens with one attached hydrogen (secondary N) is 1. The third-order valence-electron chi connectivity index (χ3n) is 6.59. The number of rotatable bonds is 5. The van der Waals surface area contributed by atoms with Crippen LogP contribution in [-0.4, -0.2) is 53.1 Å². The van der Waals surface area contributed by atoms with Crippen molar-refractivity contribution >= 4 is 52.4 Å². The largest absolute Gasteiger partial charge is 0.478 e. The summed E-state index contributed by atoms with van der Waals surface area (Å²) >= 11 is 12.1. The van der Waals surface area contributed by atoms with Crippen molar-refractivity contribution in [1.82, 2.24) is 9.97 Å². The summed E-state index contributed by atoms with van der Waals surface area (Å²) in [6, 6.07) is 9.26. The van der Waals surface area contributed by atoms with Crippen LogP contribution in [0.3, 0.4) is 0 Å². The van der Waals surface area contributed by atoms with E-state index in [-0.39, 0.29) is 5.69 Å². The van der Waals surface area contributed by atoms with Crippen LogP contribution in [0, 0.1) is 5.82 Å². The van der Waals surface area contributed by atoms with Crippen LogP contribution in [0.5, 0.6) is 0 Å². The highest BCUT2D eigenvalue weighted by molar-refractivity contribution is 6.33. The summed E-state index contributed by atoms with van der Waals surface area (Å²) < 4.78 is 51.4. The quantitative estimate of drug-likeness (QED) is 0.303. The van der Waals surface area contributed by atoms with Gasteiger partial charge in [0.15, 0.2) is 0 Å². The summed E-state index contributed by atoms with van der Waals surface area (Å²) in [5, 5.41) is 12.3. The first-order valence-electron chi connectivity index (χ1n) is 12.9. The Kier molecular flexibility index (Phi) is 10.3. The van der Waals surface area contributed by atoms with E-state index in [9.17, 15) is 27.2 Å². The number of hydrogen-bond donors (Lipinski definition) is 2. The van der Waals surface area contributed by atoms with E-state index in [2.05, 4.69) is 15.3 Å². The van der Waals surface area contributed by atoms with Gasteiger partial charge in [0.2, 0.25) is 0 Å². The number of amides is 1. The Hall–Kier alpha value is -4.16. The number of anilines is 3. The molecule has 1 amide bonds. The van der Waals surface area contributed by atoms with Gasteiger partial charge in [0.1, 0.15) is 17.5 Å². The molecule has 0 unspecified atom stereocenters. The van der Waals surface area contributed by atoms with E-state index >= 15 is 0 Å². The van der Waals surface area contributed by atoms with Gasteiger partial charge >= 0.3 is 12.1 Å². The topological polar surface area (TPSA) is 98.7 Å². The van der Waals surface area contributed by atoms with Crippen LogP contribution in [0.25, 0.3) is 0 Å². The lowest BCUT2D eigenvalue weighted by molar-refractivity contribution is -0.140. The van der Waals surface area contributed by atoms with Gasteiger partial charge < -0.3 is 20.2 Å². The molecule has 2 aliphatic heterocycles. The fourth-order valence-corrected chi connectivity index (χ4v) is 4.86. The summed E-state index contributed by atoms with van der Waals surface area (Å²) in [4.78, 5) is 35.3. The van der Waals surface area contributed by atoms with Crippen molar-refractivity contribution < 1.29 is 32.3 Å². The van der Waals surface area contributed by atoms with Crippen molar-refractivity contribution in [3.8, 4) is 0 Å². The molecule has 8 nitrogen and oxygen atoms in total. The maximum Gasteiger partial charge on any atom is 0.419 e. The first kappa shape index (κ1) is 31.8. The zero-order valence-electron chi connectivity index (χ0n) is 22.4. The predicted molar refractivity (Wildman–Crippen MR) is 156 cm³/mol. The third kappa shape index (κ3) is 8.23. The number of carbonyl (C=O) groups is 2. The lowest BCUT2D eigenvalue weighted by Crippen LogP contribution is -2.32. The van der Waals surface area contributed by atoms with Crippen LogP contribution in [-0.2, 0) is 15.8 Å². The number of halogens is 6. The standard InChI is InChI=1S/C18H14ClF4N3O.C11H11ClN2O2/c19-14-2-1-7-24-16(14)26-8-5-11(6-9-26)17(27)25-12-3-4-13(15(20)10-12)18(21,22)23;12-9-2-1-5-13-10(9)14-6-3-8(4-7-14)11(15)16/h1-5,7,10H,6,8-9H2,(H,25,27);1-3,5H,4,6-7H2,(H,15,16).